The molecule has 1 aromatic rings. The van der Waals surface area contributed by atoms with Gasteiger partial charge in [0.25, 0.3) is 5.91 Å². The molecule has 1 heterocycles. The first-order valence-electron chi connectivity index (χ1n) is 6.07. The van der Waals surface area contributed by atoms with Crippen molar-refractivity contribution < 1.29 is 4.79 Å². The number of rotatable bonds is 3. The predicted octanol–water partition coefficient (Wildman–Crippen LogP) is 2.83. The van der Waals surface area contributed by atoms with Crippen LogP contribution in [0.5, 0.6) is 0 Å². The van der Waals surface area contributed by atoms with Crippen LogP contribution in [-0.4, -0.2) is 17.6 Å². The second-order valence-electron chi connectivity index (χ2n) is 3.94. The average Bonchev–Trinajstić information content (AvgIpc) is 2.71. The molecular formula is C14H16N2OS. The molecule has 0 atom stereocenters. The summed E-state index contributed by atoms with van der Waals surface area (Å²) in [7, 11) is 0. The third kappa shape index (κ3) is 3.01. The van der Waals surface area contributed by atoms with E-state index in [1.165, 1.54) is 17.3 Å². The Morgan fingerprint density at radius 1 is 1.28 bits per heavy atom. The normalized spacial score (nSPS) is 19.6. The van der Waals surface area contributed by atoms with Gasteiger partial charge >= 0.3 is 0 Å². The van der Waals surface area contributed by atoms with Crippen LogP contribution < -0.4 is 5.32 Å². The lowest BCUT2D eigenvalue weighted by Gasteiger charge is -1.98. The summed E-state index contributed by atoms with van der Waals surface area (Å²) in [5.41, 5.74) is 2.34. The van der Waals surface area contributed by atoms with Crippen LogP contribution in [0.1, 0.15) is 25.0 Å². The van der Waals surface area contributed by atoms with E-state index in [9.17, 15) is 4.79 Å². The fourth-order valence-electron chi connectivity index (χ4n) is 1.65. The number of hydrogen-bond donors (Lipinski definition) is 1. The van der Waals surface area contributed by atoms with Gasteiger partial charge in [0.2, 0.25) is 0 Å². The van der Waals surface area contributed by atoms with Gasteiger partial charge in [-0.2, -0.15) is 0 Å². The predicted molar refractivity (Wildman–Crippen MR) is 77.5 cm³/mol. The number of hydrogen-bond acceptors (Lipinski definition) is 3. The van der Waals surface area contributed by atoms with Crippen molar-refractivity contribution in [2.75, 3.05) is 6.54 Å². The maximum absolute atomic E-state index is 11.7. The number of nitrogens with zero attached hydrogens (tertiary/aromatic N) is 1. The number of amidine groups is 1. The van der Waals surface area contributed by atoms with Crippen LogP contribution in [0.2, 0.25) is 0 Å². The van der Waals surface area contributed by atoms with E-state index in [0.29, 0.717) is 16.6 Å². The molecule has 1 aliphatic heterocycles. The first-order chi connectivity index (χ1) is 8.72. The molecule has 94 valence electrons. The van der Waals surface area contributed by atoms with E-state index in [1.54, 1.807) is 0 Å². The van der Waals surface area contributed by atoms with Gasteiger partial charge in [-0.25, -0.2) is 0 Å². The van der Waals surface area contributed by atoms with Gasteiger partial charge in [-0.3, -0.25) is 9.79 Å². The third-order valence-corrected chi connectivity index (χ3v) is 3.59. The summed E-state index contributed by atoms with van der Waals surface area (Å²) in [5, 5.41) is 3.45. The van der Waals surface area contributed by atoms with Gasteiger partial charge < -0.3 is 5.32 Å². The van der Waals surface area contributed by atoms with E-state index in [4.69, 9.17) is 0 Å². The number of carbonyl (C=O) groups is 1. The van der Waals surface area contributed by atoms with E-state index in [1.807, 2.05) is 25.1 Å². The van der Waals surface area contributed by atoms with E-state index >= 15 is 0 Å². The summed E-state index contributed by atoms with van der Waals surface area (Å²) in [6, 6.07) is 8.25. The second kappa shape index (κ2) is 5.87. The van der Waals surface area contributed by atoms with Crippen LogP contribution in [0.4, 0.5) is 0 Å². The van der Waals surface area contributed by atoms with Crippen molar-refractivity contribution in [1.29, 1.82) is 0 Å². The number of thioether (sulfide) groups is 1. The minimum atomic E-state index is -0.0632. The van der Waals surface area contributed by atoms with Crippen molar-refractivity contribution in [3.05, 3.63) is 40.3 Å². The van der Waals surface area contributed by atoms with Crippen molar-refractivity contribution in [2.24, 2.45) is 4.99 Å². The van der Waals surface area contributed by atoms with Gasteiger partial charge in [0.1, 0.15) is 0 Å². The zero-order valence-electron chi connectivity index (χ0n) is 10.6. The van der Waals surface area contributed by atoms with Gasteiger partial charge in [0, 0.05) is 6.54 Å². The molecule has 1 saturated heterocycles. The number of nitrogens with one attached hydrogen (secondary N) is 1. The Balaban J connectivity index is 2.17. The Labute approximate surface area is 111 Å². The SMILES string of the molecule is CCN=C1NC(=O)/C(=C/c2ccc(CC)cc2)S1. The Bertz CT molecular complexity index is 503. The molecule has 1 amide bonds. The molecule has 1 N–H and O–H groups in total. The Morgan fingerprint density at radius 3 is 2.61 bits per heavy atom. The summed E-state index contributed by atoms with van der Waals surface area (Å²) in [6.45, 7) is 4.76. The fraction of sp³-hybridized carbons (Fsp3) is 0.286. The molecular weight excluding hydrogens is 244 g/mol. The van der Waals surface area contributed by atoms with Crippen molar-refractivity contribution in [3.8, 4) is 0 Å². The molecule has 18 heavy (non-hydrogen) atoms. The molecule has 0 bridgehead atoms. The van der Waals surface area contributed by atoms with Gasteiger partial charge in [-0.1, -0.05) is 31.2 Å². The molecule has 0 aliphatic carbocycles. The highest BCUT2D eigenvalue weighted by atomic mass is 32.2. The number of benzene rings is 1. The van der Waals surface area contributed by atoms with Crippen LogP contribution >= 0.6 is 11.8 Å². The largest absolute Gasteiger partial charge is 0.301 e. The smallest absolute Gasteiger partial charge is 0.264 e. The summed E-state index contributed by atoms with van der Waals surface area (Å²) in [6.07, 6.45) is 2.93. The Kier molecular flexibility index (Phi) is 4.20. The minimum Gasteiger partial charge on any atom is -0.301 e. The molecule has 1 aliphatic rings. The molecule has 0 unspecified atom stereocenters. The number of aryl methyl sites for hydroxylation is 1. The van der Waals surface area contributed by atoms with Crippen LogP contribution in [0.25, 0.3) is 6.08 Å². The molecule has 0 saturated carbocycles. The molecule has 4 heteroatoms. The summed E-state index contributed by atoms with van der Waals surface area (Å²) in [5.74, 6) is -0.0632. The lowest BCUT2D eigenvalue weighted by atomic mass is 10.1. The lowest BCUT2D eigenvalue weighted by molar-refractivity contribution is -0.115. The molecule has 1 fully saturated rings. The standard InChI is InChI=1S/C14H16N2OS/c1-3-10-5-7-11(8-6-10)9-12-13(17)16-14(18-12)15-4-2/h5-9H,3-4H2,1-2H3,(H,15,16,17)/b12-9-. The maximum Gasteiger partial charge on any atom is 0.264 e. The first kappa shape index (κ1) is 12.9. The Hall–Kier alpha value is -1.55. The lowest BCUT2D eigenvalue weighted by Crippen LogP contribution is -2.19. The topological polar surface area (TPSA) is 41.5 Å². The zero-order valence-corrected chi connectivity index (χ0v) is 11.4. The van der Waals surface area contributed by atoms with E-state index in [0.717, 1.165) is 12.0 Å². The maximum atomic E-state index is 11.7. The fourth-order valence-corrected chi connectivity index (χ4v) is 2.53. The molecule has 0 aromatic heterocycles. The van der Waals surface area contributed by atoms with Crippen molar-refractivity contribution >= 4 is 28.9 Å². The molecule has 1 aromatic carbocycles. The van der Waals surface area contributed by atoms with Crippen LogP contribution in [0.15, 0.2) is 34.2 Å². The van der Waals surface area contributed by atoms with Crippen molar-refractivity contribution in [1.82, 2.24) is 5.32 Å². The minimum absolute atomic E-state index is 0.0632. The number of aliphatic imine (C=N–C) groups is 1. The van der Waals surface area contributed by atoms with Crippen molar-refractivity contribution in [3.63, 3.8) is 0 Å². The average molecular weight is 260 g/mol. The number of amides is 1. The first-order valence-corrected chi connectivity index (χ1v) is 6.89. The van der Waals surface area contributed by atoms with E-state index in [-0.39, 0.29) is 5.91 Å². The molecule has 2 rings (SSSR count). The highest BCUT2D eigenvalue weighted by Gasteiger charge is 2.23. The second-order valence-corrected chi connectivity index (χ2v) is 4.97. The monoisotopic (exact) mass is 260 g/mol. The summed E-state index contributed by atoms with van der Waals surface area (Å²) < 4.78 is 0. The van der Waals surface area contributed by atoms with Crippen LogP contribution in [0, 0.1) is 0 Å². The summed E-state index contributed by atoms with van der Waals surface area (Å²) in [4.78, 5) is 16.6. The van der Waals surface area contributed by atoms with Gasteiger partial charge in [0.15, 0.2) is 5.17 Å². The quantitative estimate of drug-likeness (QED) is 0.849. The van der Waals surface area contributed by atoms with Gasteiger partial charge in [-0.15, -0.1) is 0 Å². The number of carbonyl (C=O) groups excluding carboxylic acids is 1. The van der Waals surface area contributed by atoms with Gasteiger partial charge in [-0.05, 0) is 42.3 Å². The molecule has 0 radical (unpaired) electrons. The van der Waals surface area contributed by atoms with Crippen LogP contribution in [-0.2, 0) is 11.2 Å². The van der Waals surface area contributed by atoms with Crippen LogP contribution in [0.3, 0.4) is 0 Å². The molecule has 0 spiro atoms. The highest BCUT2D eigenvalue weighted by molar-refractivity contribution is 8.18. The van der Waals surface area contributed by atoms with Gasteiger partial charge in [0.05, 0.1) is 4.91 Å². The Morgan fingerprint density at radius 2 is 2.00 bits per heavy atom. The third-order valence-electron chi connectivity index (χ3n) is 2.64. The van der Waals surface area contributed by atoms with Crippen molar-refractivity contribution in [2.45, 2.75) is 20.3 Å². The summed E-state index contributed by atoms with van der Waals surface area (Å²) >= 11 is 1.40. The van der Waals surface area contributed by atoms with E-state index < -0.39 is 0 Å². The van der Waals surface area contributed by atoms with E-state index in [2.05, 4.69) is 29.4 Å². The zero-order chi connectivity index (χ0) is 13.0. The molecule has 3 nitrogen and oxygen atoms in total. The highest BCUT2D eigenvalue weighted by Crippen LogP contribution is 2.25.